The highest BCUT2D eigenvalue weighted by Gasteiger charge is 2.31. The van der Waals surface area contributed by atoms with E-state index in [1.807, 2.05) is 0 Å². The van der Waals surface area contributed by atoms with Gasteiger partial charge in [-0.3, -0.25) is 9.71 Å². The summed E-state index contributed by atoms with van der Waals surface area (Å²) in [7, 11) is -2.26. The molecular formula is C17H20F3N3O2S. The minimum Gasteiger partial charge on any atom is -0.278 e. The third-order valence-corrected chi connectivity index (χ3v) is 5.48. The van der Waals surface area contributed by atoms with Gasteiger partial charge in [-0.05, 0) is 41.7 Å². The summed E-state index contributed by atoms with van der Waals surface area (Å²) < 4.78 is 66.2. The Morgan fingerprint density at radius 2 is 2.08 bits per heavy atom. The van der Waals surface area contributed by atoms with Crippen molar-refractivity contribution in [1.29, 1.82) is 0 Å². The lowest BCUT2D eigenvalue weighted by atomic mass is 9.91. The van der Waals surface area contributed by atoms with Crippen molar-refractivity contribution in [3.8, 4) is 0 Å². The number of allylic oxidation sites excluding steroid dienone is 3. The highest BCUT2D eigenvalue weighted by atomic mass is 32.2. The van der Waals surface area contributed by atoms with E-state index in [4.69, 9.17) is 0 Å². The van der Waals surface area contributed by atoms with Gasteiger partial charge in [-0.15, -0.1) is 0 Å². The lowest BCUT2D eigenvalue weighted by Gasteiger charge is -2.29. The monoisotopic (exact) mass is 387 g/mol. The normalized spacial score (nSPS) is 16.6. The number of fused-ring (bicyclic) bond motifs is 1. The maximum atomic E-state index is 12.7. The fraction of sp³-hybridized carbons (Fsp3) is 0.353. The summed E-state index contributed by atoms with van der Waals surface area (Å²) in [6.45, 7) is 5.10. The van der Waals surface area contributed by atoms with Gasteiger partial charge in [0.25, 0.3) is 0 Å². The van der Waals surface area contributed by atoms with Crippen LogP contribution in [0.5, 0.6) is 0 Å². The summed E-state index contributed by atoms with van der Waals surface area (Å²) in [5.74, 6) is 0. The first-order valence-electron chi connectivity index (χ1n) is 7.80. The molecule has 26 heavy (non-hydrogen) atoms. The van der Waals surface area contributed by atoms with E-state index in [1.165, 1.54) is 11.4 Å². The minimum absolute atomic E-state index is 0.130. The average Bonchev–Trinajstić information content (AvgIpc) is 2.58. The van der Waals surface area contributed by atoms with Crippen LogP contribution in [0.15, 0.2) is 41.4 Å². The van der Waals surface area contributed by atoms with Gasteiger partial charge in [0, 0.05) is 25.7 Å². The molecule has 0 atom stereocenters. The molecule has 0 aliphatic carbocycles. The van der Waals surface area contributed by atoms with E-state index in [1.54, 1.807) is 18.2 Å². The standard InChI is InChI=1S/C17H20F3N3O2S/c1-12(9-13(2)17(18,19)20)15-6-4-5-14-10-23(8-7-16(14)15)26(24,25)22-11-21-3/h4-6,9,11H,1,7-8,10H2,2-3H3,(H,21,22)/b13-9+. The van der Waals surface area contributed by atoms with E-state index in [0.29, 0.717) is 12.0 Å². The smallest absolute Gasteiger partial charge is 0.278 e. The van der Waals surface area contributed by atoms with Crippen LogP contribution in [0.1, 0.15) is 23.6 Å². The van der Waals surface area contributed by atoms with Gasteiger partial charge in [-0.2, -0.15) is 25.9 Å². The summed E-state index contributed by atoms with van der Waals surface area (Å²) in [6.07, 6.45) is -1.92. The topological polar surface area (TPSA) is 61.8 Å². The fourth-order valence-electron chi connectivity index (χ4n) is 2.70. The SMILES string of the molecule is C=C(/C=C(\C)C(F)(F)F)c1cccc2c1CCN(S(=O)(=O)NC=NC)C2. The molecule has 142 valence electrons. The molecule has 1 aromatic carbocycles. The molecule has 1 heterocycles. The number of hydrogen-bond acceptors (Lipinski definition) is 3. The van der Waals surface area contributed by atoms with Crippen LogP contribution in [0.25, 0.3) is 5.57 Å². The van der Waals surface area contributed by atoms with Crippen molar-refractivity contribution in [2.75, 3.05) is 13.6 Å². The number of halogens is 3. The Balaban J connectivity index is 2.30. The molecule has 0 unspecified atom stereocenters. The molecule has 1 aromatic rings. The van der Waals surface area contributed by atoms with Crippen LogP contribution in [-0.4, -0.2) is 38.8 Å². The van der Waals surface area contributed by atoms with Gasteiger partial charge in [-0.1, -0.05) is 24.8 Å². The molecule has 0 amide bonds. The minimum atomic E-state index is -4.41. The summed E-state index contributed by atoms with van der Waals surface area (Å²) in [4.78, 5) is 3.59. The van der Waals surface area contributed by atoms with Crippen molar-refractivity contribution >= 4 is 22.1 Å². The zero-order valence-electron chi connectivity index (χ0n) is 14.5. The largest absolute Gasteiger partial charge is 0.412 e. The Bertz CT molecular complexity index is 858. The predicted molar refractivity (Wildman–Crippen MR) is 95.9 cm³/mol. The number of aliphatic imine (C=N–C) groups is 1. The molecule has 1 aliphatic heterocycles. The van der Waals surface area contributed by atoms with Crippen LogP contribution in [0.4, 0.5) is 13.2 Å². The van der Waals surface area contributed by atoms with E-state index in [9.17, 15) is 21.6 Å². The molecule has 0 fully saturated rings. The third-order valence-electron chi connectivity index (χ3n) is 4.09. The Kier molecular flexibility index (Phi) is 5.92. The zero-order chi connectivity index (χ0) is 19.5. The molecule has 1 aliphatic rings. The molecule has 0 radical (unpaired) electrons. The lowest BCUT2D eigenvalue weighted by Crippen LogP contribution is -2.43. The number of alkyl halides is 3. The second-order valence-corrected chi connectivity index (χ2v) is 7.59. The highest BCUT2D eigenvalue weighted by molar-refractivity contribution is 7.87. The summed E-state index contributed by atoms with van der Waals surface area (Å²) in [5.41, 5.74) is 1.68. The van der Waals surface area contributed by atoms with E-state index in [2.05, 4.69) is 16.3 Å². The summed E-state index contributed by atoms with van der Waals surface area (Å²) in [6, 6.07) is 5.16. The number of nitrogens with zero attached hydrogens (tertiary/aromatic N) is 2. The van der Waals surface area contributed by atoms with Crippen molar-refractivity contribution in [3.63, 3.8) is 0 Å². The fourth-order valence-corrected chi connectivity index (χ4v) is 3.73. The van der Waals surface area contributed by atoms with E-state index >= 15 is 0 Å². The number of benzene rings is 1. The number of hydrogen-bond donors (Lipinski definition) is 1. The van der Waals surface area contributed by atoms with Crippen LogP contribution >= 0.6 is 0 Å². The van der Waals surface area contributed by atoms with Crippen molar-refractivity contribution in [3.05, 3.63) is 53.1 Å². The average molecular weight is 387 g/mol. The molecule has 9 heteroatoms. The van der Waals surface area contributed by atoms with E-state index in [-0.39, 0.29) is 18.7 Å². The first-order chi connectivity index (χ1) is 12.1. The second-order valence-electron chi connectivity index (χ2n) is 5.89. The summed E-state index contributed by atoms with van der Waals surface area (Å²) in [5, 5.41) is 0. The van der Waals surface area contributed by atoms with Crippen LogP contribution < -0.4 is 4.72 Å². The van der Waals surface area contributed by atoms with Crippen LogP contribution in [-0.2, 0) is 23.2 Å². The van der Waals surface area contributed by atoms with Gasteiger partial charge in [0.05, 0.1) is 6.34 Å². The molecule has 0 saturated heterocycles. The number of nitrogens with one attached hydrogen (secondary N) is 1. The maximum Gasteiger partial charge on any atom is 0.412 e. The van der Waals surface area contributed by atoms with E-state index < -0.39 is 22.0 Å². The Hall–Kier alpha value is -2.13. The second kappa shape index (κ2) is 7.63. The molecule has 2 rings (SSSR count). The third kappa shape index (κ3) is 4.53. The zero-order valence-corrected chi connectivity index (χ0v) is 15.3. The van der Waals surface area contributed by atoms with Crippen molar-refractivity contribution < 1.29 is 21.6 Å². The van der Waals surface area contributed by atoms with Crippen molar-refractivity contribution in [1.82, 2.24) is 9.03 Å². The quantitative estimate of drug-likeness (QED) is 0.480. The first-order valence-corrected chi connectivity index (χ1v) is 9.24. The van der Waals surface area contributed by atoms with Gasteiger partial charge >= 0.3 is 16.4 Å². The van der Waals surface area contributed by atoms with Gasteiger partial charge < -0.3 is 0 Å². The molecule has 0 saturated carbocycles. The van der Waals surface area contributed by atoms with Gasteiger partial charge in [0.15, 0.2) is 0 Å². The van der Waals surface area contributed by atoms with Gasteiger partial charge in [0.2, 0.25) is 0 Å². The van der Waals surface area contributed by atoms with Gasteiger partial charge in [-0.25, -0.2) is 0 Å². The Morgan fingerprint density at radius 1 is 1.38 bits per heavy atom. The van der Waals surface area contributed by atoms with Crippen LogP contribution in [0, 0.1) is 0 Å². The molecule has 0 spiro atoms. The molecule has 0 aromatic heterocycles. The maximum absolute atomic E-state index is 12.7. The predicted octanol–water partition coefficient (Wildman–Crippen LogP) is 3.06. The summed E-state index contributed by atoms with van der Waals surface area (Å²) >= 11 is 0. The first kappa shape index (κ1) is 20.2. The van der Waals surface area contributed by atoms with Crippen molar-refractivity contribution in [2.24, 2.45) is 4.99 Å². The lowest BCUT2D eigenvalue weighted by molar-refractivity contribution is -0.0912. The molecule has 1 N–H and O–H groups in total. The molecular weight excluding hydrogens is 367 g/mol. The van der Waals surface area contributed by atoms with Gasteiger partial charge in [0.1, 0.15) is 0 Å². The molecule has 0 bridgehead atoms. The molecule has 5 nitrogen and oxygen atoms in total. The van der Waals surface area contributed by atoms with Crippen LogP contribution in [0.2, 0.25) is 0 Å². The van der Waals surface area contributed by atoms with E-state index in [0.717, 1.165) is 30.5 Å². The highest BCUT2D eigenvalue weighted by Crippen LogP contribution is 2.31. The number of rotatable bonds is 5. The Morgan fingerprint density at radius 3 is 2.69 bits per heavy atom. The Labute approximate surface area is 151 Å². The van der Waals surface area contributed by atoms with Crippen molar-refractivity contribution in [2.45, 2.75) is 26.1 Å². The van der Waals surface area contributed by atoms with Crippen LogP contribution in [0.3, 0.4) is 0 Å².